The first-order valence-electron chi connectivity index (χ1n) is 4.52. The number of hydrogen-bond acceptors (Lipinski definition) is 1. The fourth-order valence-electron chi connectivity index (χ4n) is 0.907. The molecule has 2 heteroatoms. The molecule has 0 amide bonds. The van der Waals surface area contributed by atoms with Crippen molar-refractivity contribution in [2.75, 3.05) is 0 Å². The summed E-state index contributed by atoms with van der Waals surface area (Å²) >= 11 is -2.11. The zero-order valence-corrected chi connectivity index (χ0v) is 12.3. The minimum atomic E-state index is -2.11. The van der Waals surface area contributed by atoms with Gasteiger partial charge in [0.15, 0.2) is 0 Å². The summed E-state index contributed by atoms with van der Waals surface area (Å²) in [6.45, 7) is 0. The Hall–Kier alpha value is 0.388. The van der Waals surface area contributed by atoms with Crippen LogP contribution in [0.15, 0.2) is 30.3 Å². The molecule has 13 heavy (non-hydrogen) atoms. The van der Waals surface area contributed by atoms with Crippen molar-refractivity contribution in [2.45, 2.75) is 25.2 Å². The van der Waals surface area contributed by atoms with Crippen LogP contribution in [0.4, 0.5) is 0 Å². The first-order valence-corrected chi connectivity index (χ1v) is 18.8. The molecule has 0 unspecified atom stereocenters. The molecule has 0 radical (unpaired) electrons. The maximum atomic E-state index is 2.47. The van der Waals surface area contributed by atoms with Crippen molar-refractivity contribution in [3.63, 3.8) is 0 Å². The van der Waals surface area contributed by atoms with Gasteiger partial charge in [-0.05, 0) is 0 Å². The van der Waals surface area contributed by atoms with Gasteiger partial charge in [-0.3, -0.25) is 0 Å². The summed E-state index contributed by atoms with van der Waals surface area (Å²) in [4.78, 5) is 9.89. The molecule has 0 aliphatic rings. The molecule has 0 heterocycles. The van der Waals surface area contributed by atoms with Crippen molar-refractivity contribution in [1.29, 1.82) is 0 Å². The molecule has 0 bridgehead atoms. The van der Waals surface area contributed by atoms with Crippen LogP contribution < -0.4 is 0 Å². The third kappa shape index (κ3) is 5.65. The van der Waals surface area contributed by atoms with Gasteiger partial charge in [0.1, 0.15) is 0 Å². The van der Waals surface area contributed by atoms with Gasteiger partial charge in [0, 0.05) is 0 Å². The Balaban J connectivity index is 2.54. The third-order valence-corrected chi connectivity index (χ3v) is 13.0. The van der Waals surface area contributed by atoms with E-state index in [1.54, 1.807) is 0 Å². The molecular formula is C11H19SSb. The van der Waals surface area contributed by atoms with Gasteiger partial charge in [-0.15, -0.1) is 0 Å². The quantitative estimate of drug-likeness (QED) is 0.749. The number of benzene rings is 1. The van der Waals surface area contributed by atoms with Gasteiger partial charge < -0.3 is 0 Å². The normalized spacial score (nSPS) is 14.9. The van der Waals surface area contributed by atoms with Gasteiger partial charge in [0.05, 0.1) is 0 Å². The summed E-state index contributed by atoms with van der Waals surface area (Å²) < 4.78 is 0. The second-order valence-electron chi connectivity index (χ2n) is 5.17. The van der Waals surface area contributed by atoms with Crippen LogP contribution in [0.3, 0.4) is 0 Å². The Bertz CT molecular complexity index is 262. The summed E-state index contributed by atoms with van der Waals surface area (Å²) in [6, 6.07) is 10.7. The zero-order valence-electron chi connectivity index (χ0n) is 8.95. The molecule has 1 aromatic rings. The predicted molar refractivity (Wildman–Crippen MR) is 66.9 cm³/mol. The van der Waals surface area contributed by atoms with E-state index in [-0.39, 0.29) is 0 Å². The standard InChI is InChI=1S/C7H8S.4CH3.Sb/c8-6-7-4-2-1-3-5-7;;;;;/h1-5,8H,6H2;4*1H3;/q;;;;;+1/p-1. The van der Waals surface area contributed by atoms with E-state index in [4.69, 9.17) is 0 Å². The van der Waals surface area contributed by atoms with E-state index < -0.39 is 16.0 Å². The zero-order chi connectivity index (χ0) is 9.97. The van der Waals surface area contributed by atoms with E-state index in [1.165, 1.54) is 11.3 Å². The Kier molecular flexibility index (Phi) is 3.41. The molecule has 0 nitrogen and oxygen atoms in total. The molecule has 0 N–H and O–H groups in total. The van der Waals surface area contributed by atoms with E-state index in [2.05, 4.69) is 58.7 Å². The third-order valence-electron chi connectivity index (χ3n) is 1.59. The average molecular weight is 305 g/mol. The molecule has 0 aliphatic carbocycles. The predicted octanol–water partition coefficient (Wildman–Crippen LogP) is 4.34. The van der Waals surface area contributed by atoms with E-state index in [1.807, 2.05) is 0 Å². The van der Waals surface area contributed by atoms with Crippen molar-refractivity contribution in [2.24, 2.45) is 0 Å². The van der Waals surface area contributed by atoms with E-state index in [9.17, 15) is 0 Å². The van der Waals surface area contributed by atoms with Crippen molar-refractivity contribution >= 4 is 24.8 Å². The van der Waals surface area contributed by atoms with Crippen LogP contribution in [-0.2, 0) is 5.75 Å². The molecule has 0 saturated heterocycles. The van der Waals surface area contributed by atoms with Gasteiger partial charge in [0.2, 0.25) is 0 Å². The van der Waals surface area contributed by atoms with E-state index in [0.29, 0.717) is 0 Å². The first kappa shape index (κ1) is 11.5. The molecule has 0 fully saturated rings. The molecule has 1 aromatic carbocycles. The summed E-state index contributed by atoms with van der Waals surface area (Å²) in [5, 5.41) is 0. The van der Waals surface area contributed by atoms with Crippen LogP contribution in [0.5, 0.6) is 0 Å². The number of rotatable bonds is 3. The molecule has 0 aliphatic heterocycles. The van der Waals surface area contributed by atoms with Gasteiger partial charge in [-0.25, -0.2) is 0 Å². The van der Waals surface area contributed by atoms with Crippen molar-refractivity contribution in [3.05, 3.63) is 35.9 Å². The second kappa shape index (κ2) is 3.87. The van der Waals surface area contributed by atoms with Crippen LogP contribution in [0.1, 0.15) is 5.56 Å². The van der Waals surface area contributed by atoms with Crippen LogP contribution in [0.25, 0.3) is 0 Å². The second-order valence-corrected chi connectivity index (χ2v) is 37.2. The minimum absolute atomic E-state index is 1.18. The molecular weight excluding hydrogens is 286 g/mol. The Morgan fingerprint density at radius 2 is 1.54 bits per heavy atom. The van der Waals surface area contributed by atoms with Crippen molar-refractivity contribution < 1.29 is 0 Å². The Morgan fingerprint density at radius 3 is 2.00 bits per heavy atom. The average Bonchev–Trinajstić information content (AvgIpc) is 2.01. The Morgan fingerprint density at radius 1 is 1.00 bits per heavy atom. The Labute approximate surface area is 85.6 Å². The molecule has 0 saturated carbocycles. The van der Waals surface area contributed by atoms with E-state index >= 15 is 0 Å². The topological polar surface area (TPSA) is 0 Å². The molecule has 74 valence electrons. The van der Waals surface area contributed by atoms with Crippen LogP contribution >= 0.6 is 8.85 Å². The summed E-state index contributed by atoms with van der Waals surface area (Å²) in [7, 11) is 2.19. The summed E-state index contributed by atoms with van der Waals surface area (Å²) in [5.41, 5.74) is 1.46. The monoisotopic (exact) mass is 304 g/mol. The van der Waals surface area contributed by atoms with Gasteiger partial charge >= 0.3 is 86.0 Å². The van der Waals surface area contributed by atoms with Crippen LogP contribution in [0, 0.1) is 0 Å². The summed E-state index contributed by atoms with van der Waals surface area (Å²) in [5.74, 6) is 1.18. The van der Waals surface area contributed by atoms with Crippen molar-refractivity contribution in [3.8, 4) is 0 Å². The van der Waals surface area contributed by atoms with Gasteiger partial charge in [-0.2, -0.15) is 0 Å². The number of hydrogen-bond donors (Lipinski definition) is 0. The first-order chi connectivity index (χ1) is 5.83. The summed E-state index contributed by atoms with van der Waals surface area (Å²) in [6.07, 6.45) is 0. The van der Waals surface area contributed by atoms with Crippen molar-refractivity contribution in [1.82, 2.24) is 0 Å². The molecule has 0 atom stereocenters. The van der Waals surface area contributed by atoms with Gasteiger partial charge in [0.25, 0.3) is 0 Å². The van der Waals surface area contributed by atoms with E-state index in [0.717, 1.165) is 0 Å². The SMILES string of the molecule is [CH3][Sb]([CH3])([CH3])([CH3])[S]Cc1ccccc1. The van der Waals surface area contributed by atoms with Crippen LogP contribution in [0.2, 0.25) is 19.5 Å². The molecule has 0 aromatic heterocycles. The van der Waals surface area contributed by atoms with Gasteiger partial charge in [-0.1, -0.05) is 0 Å². The fourth-order valence-corrected chi connectivity index (χ4v) is 7.46. The van der Waals surface area contributed by atoms with Crippen LogP contribution in [-0.4, -0.2) is 16.0 Å². The fraction of sp³-hybridized carbons (Fsp3) is 0.455. The molecule has 1 rings (SSSR count). The molecule has 0 spiro atoms. The maximum absolute atomic E-state index is 2.47.